The van der Waals surface area contributed by atoms with Crippen molar-refractivity contribution in [1.29, 1.82) is 0 Å². The van der Waals surface area contributed by atoms with Gasteiger partial charge in [0.2, 0.25) is 0 Å². The van der Waals surface area contributed by atoms with Crippen LogP contribution in [-0.2, 0) is 5.41 Å². The first kappa shape index (κ1) is 14.8. The van der Waals surface area contributed by atoms with Crippen LogP contribution in [0, 0.1) is 0 Å². The number of para-hydroxylation sites is 1. The highest BCUT2D eigenvalue weighted by Crippen LogP contribution is 2.56. The molecular formula is C24H23N. The van der Waals surface area contributed by atoms with E-state index in [0.717, 1.165) is 5.69 Å². The average molecular weight is 325 g/mol. The molecule has 0 bridgehead atoms. The Hall–Kier alpha value is -2.54. The topological polar surface area (TPSA) is 12.0 Å². The second-order valence-electron chi connectivity index (χ2n) is 7.44. The van der Waals surface area contributed by atoms with E-state index in [1.54, 1.807) is 5.56 Å². The van der Waals surface area contributed by atoms with Crippen LogP contribution in [0.5, 0.6) is 0 Å². The van der Waals surface area contributed by atoms with Gasteiger partial charge in [-0.05, 0) is 59.4 Å². The molecule has 0 aliphatic heterocycles. The van der Waals surface area contributed by atoms with Crippen LogP contribution in [0.1, 0.15) is 43.2 Å². The van der Waals surface area contributed by atoms with Crippen molar-refractivity contribution in [3.8, 4) is 11.1 Å². The molecule has 0 heterocycles. The minimum atomic E-state index is 0.235. The zero-order chi connectivity index (χ0) is 16.7. The first-order chi connectivity index (χ1) is 12.4. The monoisotopic (exact) mass is 325 g/mol. The van der Waals surface area contributed by atoms with Crippen molar-refractivity contribution in [1.82, 2.24) is 0 Å². The van der Waals surface area contributed by atoms with E-state index in [1.165, 1.54) is 54.5 Å². The number of hydrogen-bond donors (Lipinski definition) is 1. The van der Waals surface area contributed by atoms with Crippen molar-refractivity contribution < 1.29 is 0 Å². The van der Waals surface area contributed by atoms with Gasteiger partial charge in [0.1, 0.15) is 0 Å². The Morgan fingerprint density at radius 2 is 1.32 bits per heavy atom. The van der Waals surface area contributed by atoms with E-state index >= 15 is 0 Å². The molecule has 3 aromatic carbocycles. The molecule has 0 atom stereocenters. The Morgan fingerprint density at radius 1 is 0.600 bits per heavy atom. The number of rotatable bonds is 2. The van der Waals surface area contributed by atoms with Crippen LogP contribution in [0.25, 0.3) is 11.1 Å². The fourth-order valence-electron chi connectivity index (χ4n) is 4.92. The highest BCUT2D eigenvalue weighted by molar-refractivity contribution is 5.83. The van der Waals surface area contributed by atoms with Gasteiger partial charge in [0, 0.05) is 16.8 Å². The number of hydrogen-bond acceptors (Lipinski definition) is 1. The SMILES string of the molecule is c1ccc(Nc2ccc3c(c2)C2(CCCCC2)c2ccccc2-3)cc1. The van der Waals surface area contributed by atoms with E-state index in [1.807, 2.05) is 0 Å². The Bertz CT molecular complexity index is 904. The van der Waals surface area contributed by atoms with Crippen molar-refractivity contribution in [3.05, 3.63) is 83.9 Å². The van der Waals surface area contributed by atoms with Crippen LogP contribution in [0.2, 0.25) is 0 Å². The van der Waals surface area contributed by atoms with Gasteiger partial charge in [0.15, 0.2) is 0 Å². The summed E-state index contributed by atoms with van der Waals surface area (Å²) in [6, 6.07) is 26.5. The summed E-state index contributed by atoms with van der Waals surface area (Å²) < 4.78 is 0. The van der Waals surface area contributed by atoms with Crippen molar-refractivity contribution in [2.45, 2.75) is 37.5 Å². The lowest BCUT2D eigenvalue weighted by molar-refractivity contribution is 0.353. The maximum atomic E-state index is 3.58. The summed E-state index contributed by atoms with van der Waals surface area (Å²) in [5.41, 5.74) is 8.56. The molecule has 25 heavy (non-hydrogen) atoms. The zero-order valence-electron chi connectivity index (χ0n) is 14.5. The van der Waals surface area contributed by atoms with Gasteiger partial charge in [-0.15, -0.1) is 0 Å². The number of anilines is 2. The maximum Gasteiger partial charge on any atom is 0.0387 e. The van der Waals surface area contributed by atoms with E-state index in [0.29, 0.717) is 0 Å². The summed E-state index contributed by atoms with van der Waals surface area (Å²) in [7, 11) is 0. The zero-order valence-corrected chi connectivity index (χ0v) is 14.5. The van der Waals surface area contributed by atoms with Crippen molar-refractivity contribution in [3.63, 3.8) is 0 Å². The molecule has 2 aliphatic carbocycles. The molecule has 0 unspecified atom stereocenters. The lowest BCUT2D eigenvalue weighted by Gasteiger charge is -2.36. The minimum Gasteiger partial charge on any atom is -0.356 e. The largest absolute Gasteiger partial charge is 0.356 e. The molecule has 5 rings (SSSR count). The quantitative estimate of drug-likeness (QED) is 0.555. The maximum absolute atomic E-state index is 3.58. The molecular weight excluding hydrogens is 302 g/mol. The average Bonchev–Trinajstić information content (AvgIpc) is 2.93. The molecule has 1 fully saturated rings. The summed E-state index contributed by atoms with van der Waals surface area (Å²) in [5, 5.41) is 3.58. The molecule has 1 spiro atoms. The van der Waals surface area contributed by atoms with Crippen LogP contribution in [-0.4, -0.2) is 0 Å². The summed E-state index contributed by atoms with van der Waals surface area (Å²) in [5.74, 6) is 0. The number of fused-ring (bicyclic) bond motifs is 5. The first-order valence-corrected chi connectivity index (χ1v) is 9.43. The van der Waals surface area contributed by atoms with Crippen LogP contribution < -0.4 is 5.32 Å². The standard InChI is InChI=1S/C24H23N/c1-3-9-18(10-4-1)25-19-13-14-21-20-11-5-6-12-22(20)24(23(21)17-19)15-7-2-8-16-24/h1,3-6,9-14,17,25H,2,7-8,15-16H2. The van der Waals surface area contributed by atoms with Crippen molar-refractivity contribution in [2.75, 3.05) is 5.32 Å². The molecule has 1 saturated carbocycles. The Morgan fingerprint density at radius 3 is 2.16 bits per heavy atom. The molecule has 0 saturated heterocycles. The summed E-state index contributed by atoms with van der Waals surface area (Å²) in [6.45, 7) is 0. The normalized spacial score (nSPS) is 17.1. The molecule has 3 aromatic rings. The number of benzene rings is 3. The smallest absolute Gasteiger partial charge is 0.0387 e. The first-order valence-electron chi connectivity index (χ1n) is 9.43. The van der Waals surface area contributed by atoms with Crippen LogP contribution in [0.3, 0.4) is 0 Å². The van der Waals surface area contributed by atoms with E-state index < -0.39 is 0 Å². The predicted molar refractivity (Wildman–Crippen MR) is 105 cm³/mol. The third-order valence-corrected chi connectivity index (χ3v) is 6.04. The summed E-state index contributed by atoms with van der Waals surface area (Å²) >= 11 is 0. The van der Waals surface area contributed by atoms with Crippen LogP contribution in [0.15, 0.2) is 72.8 Å². The molecule has 0 radical (unpaired) electrons. The lowest BCUT2D eigenvalue weighted by Crippen LogP contribution is -2.28. The van der Waals surface area contributed by atoms with E-state index in [2.05, 4.69) is 78.1 Å². The summed E-state index contributed by atoms with van der Waals surface area (Å²) in [6.07, 6.45) is 6.62. The fraction of sp³-hybridized carbons (Fsp3) is 0.250. The molecule has 124 valence electrons. The third-order valence-electron chi connectivity index (χ3n) is 6.04. The summed E-state index contributed by atoms with van der Waals surface area (Å²) in [4.78, 5) is 0. The van der Waals surface area contributed by atoms with Gasteiger partial charge >= 0.3 is 0 Å². The van der Waals surface area contributed by atoms with Gasteiger partial charge < -0.3 is 5.32 Å². The fourth-order valence-corrected chi connectivity index (χ4v) is 4.92. The molecule has 1 heteroatoms. The van der Waals surface area contributed by atoms with E-state index in [9.17, 15) is 0 Å². The second kappa shape index (κ2) is 5.77. The van der Waals surface area contributed by atoms with E-state index in [-0.39, 0.29) is 5.41 Å². The van der Waals surface area contributed by atoms with E-state index in [4.69, 9.17) is 0 Å². The predicted octanol–water partition coefficient (Wildman–Crippen LogP) is 6.66. The van der Waals surface area contributed by atoms with Gasteiger partial charge in [-0.1, -0.05) is 67.8 Å². The van der Waals surface area contributed by atoms with Gasteiger partial charge in [-0.25, -0.2) is 0 Å². The third kappa shape index (κ3) is 2.30. The highest BCUT2D eigenvalue weighted by atomic mass is 14.9. The second-order valence-corrected chi connectivity index (χ2v) is 7.44. The molecule has 0 amide bonds. The Balaban J connectivity index is 1.63. The minimum absolute atomic E-state index is 0.235. The number of nitrogens with one attached hydrogen (secondary N) is 1. The Kier molecular flexibility index (Phi) is 3.41. The highest BCUT2D eigenvalue weighted by Gasteiger charge is 2.43. The van der Waals surface area contributed by atoms with Crippen molar-refractivity contribution >= 4 is 11.4 Å². The lowest BCUT2D eigenvalue weighted by atomic mass is 9.68. The molecule has 1 nitrogen and oxygen atoms in total. The van der Waals surface area contributed by atoms with Gasteiger partial charge in [0.25, 0.3) is 0 Å². The van der Waals surface area contributed by atoms with Gasteiger partial charge in [-0.2, -0.15) is 0 Å². The molecule has 0 aromatic heterocycles. The Labute approximate surface area is 149 Å². The van der Waals surface area contributed by atoms with Crippen LogP contribution >= 0.6 is 0 Å². The molecule has 2 aliphatic rings. The molecule has 1 N–H and O–H groups in total. The van der Waals surface area contributed by atoms with Crippen LogP contribution in [0.4, 0.5) is 11.4 Å². The van der Waals surface area contributed by atoms with Gasteiger partial charge in [0.05, 0.1) is 0 Å². The van der Waals surface area contributed by atoms with Crippen molar-refractivity contribution in [2.24, 2.45) is 0 Å². The van der Waals surface area contributed by atoms with Gasteiger partial charge in [-0.3, -0.25) is 0 Å².